The monoisotopic (exact) mass is 257 g/mol. The maximum Gasteiger partial charge on any atom is 0.349 e. The van der Waals surface area contributed by atoms with Gasteiger partial charge in [0.15, 0.2) is 5.13 Å². The molecule has 0 aliphatic carbocycles. The zero-order chi connectivity index (χ0) is 13.1. The van der Waals surface area contributed by atoms with Crippen molar-refractivity contribution in [3.63, 3.8) is 0 Å². The summed E-state index contributed by atoms with van der Waals surface area (Å²) in [6.45, 7) is 3.82. The van der Waals surface area contributed by atoms with Crippen LogP contribution in [0.15, 0.2) is 6.20 Å². The third-order valence-electron chi connectivity index (χ3n) is 2.24. The zero-order valence-corrected chi connectivity index (χ0v) is 10.8. The Morgan fingerprint density at radius 2 is 2.24 bits per heavy atom. The summed E-state index contributed by atoms with van der Waals surface area (Å²) >= 11 is 1.17. The second-order valence-electron chi connectivity index (χ2n) is 4.12. The van der Waals surface area contributed by atoms with Crippen LogP contribution in [0.4, 0.5) is 5.13 Å². The van der Waals surface area contributed by atoms with Gasteiger partial charge in [-0.05, 0) is 13.8 Å². The summed E-state index contributed by atoms with van der Waals surface area (Å²) in [5, 5.41) is 3.52. The fraction of sp³-hybridized carbons (Fsp3) is 0.500. The van der Waals surface area contributed by atoms with E-state index in [1.54, 1.807) is 13.8 Å². The van der Waals surface area contributed by atoms with E-state index >= 15 is 0 Å². The first-order valence-electron chi connectivity index (χ1n) is 4.95. The number of nitrogens with zero attached hydrogens (tertiary/aromatic N) is 1. The van der Waals surface area contributed by atoms with Gasteiger partial charge < -0.3 is 15.8 Å². The van der Waals surface area contributed by atoms with Crippen LogP contribution in [0.2, 0.25) is 0 Å². The van der Waals surface area contributed by atoms with Crippen molar-refractivity contribution >= 4 is 28.3 Å². The van der Waals surface area contributed by atoms with Crippen LogP contribution in [0.1, 0.15) is 23.5 Å². The van der Waals surface area contributed by atoms with Gasteiger partial charge in [-0.1, -0.05) is 11.3 Å². The Balaban J connectivity index is 2.62. The van der Waals surface area contributed by atoms with E-state index in [9.17, 15) is 9.59 Å². The third kappa shape index (κ3) is 3.42. The minimum Gasteiger partial charge on any atom is -0.465 e. The molecule has 0 aromatic carbocycles. The van der Waals surface area contributed by atoms with Crippen LogP contribution in [0.25, 0.3) is 0 Å². The Hall–Kier alpha value is -1.63. The molecule has 0 saturated carbocycles. The van der Waals surface area contributed by atoms with Crippen LogP contribution in [-0.4, -0.2) is 30.5 Å². The molecule has 0 atom stereocenters. The van der Waals surface area contributed by atoms with Gasteiger partial charge in [-0.25, -0.2) is 9.78 Å². The van der Waals surface area contributed by atoms with Gasteiger partial charge in [-0.15, -0.1) is 0 Å². The molecule has 0 spiro atoms. The second-order valence-corrected chi connectivity index (χ2v) is 5.15. The number of nitrogens with one attached hydrogen (secondary N) is 1. The first-order valence-corrected chi connectivity index (χ1v) is 5.76. The van der Waals surface area contributed by atoms with E-state index in [-0.39, 0.29) is 0 Å². The average Bonchev–Trinajstić information content (AvgIpc) is 2.74. The number of thiazole rings is 1. The van der Waals surface area contributed by atoms with E-state index in [1.807, 2.05) is 0 Å². The summed E-state index contributed by atoms with van der Waals surface area (Å²) in [5.74, 6) is -0.820. The van der Waals surface area contributed by atoms with Gasteiger partial charge >= 0.3 is 5.97 Å². The summed E-state index contributed by atoms with van der Waals surface area (Å²) in [4.78, 5) is 26.7. The van der Waals surface area contributed by atoms with Gasteiger partial charge in [0.1, 0.15) is 4.88 Å². The minimum atomic E-state index is -0.670. The molecule has 0 fully saturated rings. The van der Waals surface area contributed by atoms with Crippen LogP contribution in [0.5, 0.6) is 0 Å². The number of anilines is 1. The lowest BCUT2D eigenvalue weighted by atomic mass is 9.93. The number of hydrogen-bond acceptors (Lipinski definition) is 6. The smallest absolute Gasteiger partial charge is 0.349 e. The maximum absolute atomic E-state index is 11.2. The molecule has 1 aromatic heterocycles. The van der Waals surface area contributed by atoms with Crippen LogP contribution < -0.4 is 11.1 Å². The van der Waals surface area contributed by atoms with Crippen molar-refractivity contribution < 1.29 is 14.3 Å². The molecule has 0 saturated heterocycles. The molecule has 0 aliphatic heterocycles. The fourth-order valence-corrected chi connectivity index (χ4v) is 1.66. The highest BCUT2D eigenvalue weighted by Gasteiger charge is 2.25. The highest BCUT2D eigenvalue weighted by atomic mass is 32.1. The van der Waals surface area contributed by atoms with Crippen molar-refractivity contribution in [3.8, 4) is 0 Å². The van der Waals surface area contributed by atoms with Crippen LogP contribution in [0, 0.1) is 5.41 Å². The second kappa shape index (κ2) is 5.13. The highest BCUT2D eigenvalue weighted by Crippen LogP contribution is 2.21. The lowest BCUT2D eigenvalue weighted by Gasteiger charge is -2.20. The third-order valence-corrected chi connectivity index (χ3v) is 3.18. The molecule has 0 radical (unpaired) electrons. The predicted molar refractivity (Wildman–Crippen MR) is 64.9 cm³/mol. The Labute approximate surface area is 103 Å². The van der Waals surface area contributed by atoms with Gasteiger partial charge in [0.25, 0.3) is 0 Å². The molecule has 1 heterocycles. The molecule has 0 unspecified atom stereocenters. The van der Waals surface area contributed by atoms with E-state index in [4.69, 9.17) is 5.73 Å². The predicted octanol–water partition coefficient (Wildman–Crippen LogP) is 0.853. The number of esters is 1. The Morgan fingerprint density at radius 1 is 1.59 bits per heavy atom. The summed E-state index contributed by atoms with van der Waals surface area (Å²) in [5.41, 5.74) is 4.57. The standard InChI is InChI=1S/C10H15N3O3S/c1-10(2,8(11)15)5-13-9-12-4-6(17-9)7(14)16-3/h4H,5H2,1-3H3,(H2,11,15)(H,12,13). The fourth-order valence-electron chi connectivity index (χ4n) is 0.935. The molecule has 0 aliphatic rings. The molecule has 7 heteroatoms. The normalized spacial score (nSPS) is 11.0. The zero-order valence-electron chi connectivity index (χ0n) is 9.94. The number of primary amides is 1. The summed E-state index contributed by atoms with van der Waals surface area (Å²) in [6, 6.07) is 0. The molecule has 3 N–H and O–H groups in total. The summed E-state index contributed by atoms with van der Waals surface area (Å²) in [6.07, 6.45) is 1.43. The van der Waals surface area contributed by atoms with E-state index < -0.39 is 17.3 Å². The molecule has 1 aromatic rings. The van der Waals surface area contributed by atoms with E-state index in [0.717, 1.165) is 0 Å². The number of carbonyl (C=O) groups is 2. The van der Waals surface area contributed by atoms with Gasteiger partial charge in [0, 0.05) is 6.54 Å². The number of amides is 1. The lowest BCUT2D eigenvalue weighted by Crippen LogP contribution is -2.37. The topological polar surface area (TPSA) is 94.3 Å². The van der Waals surface area contributed by atoms with Crippen LogP contribution in [-0.2, 0) is 9.53 Å². The number of methoxy groups -OCH3 is 1. The van der Waals surface area contributed by atoms with Crippen molar-refractivity contribution in [2.45, 2.75) is 13.8 Å². The van der Waals surface area contributed by atoms with Gasteiger partial charge in [-0.2, -0.15) is 0 Å². The van der Waals surface area contributed by atoms with Crippen molar-refractivity contribution in [1.29, 1.82) is 0 Å². The van der Waals surface area contributed by atoms with Crippen molar-refractivity contribution in [1.82, 2.24) is 4.98 Å². The maximum atomic E-state index is 11.2. The molecule has 17 heavy (non-hydrogen) atoms. The highest BCUT2D eigenvalue weighted by molar-refractivity contribution is 7.17. The van der Waals surface area contributed by atoms with Crippen LogP contribution >= 0.6 is 11.3 Å². The first kappa shape index (κ1) is 13.4. The lowest BCUT2D eigenvalue weighted by molar-refractivity contribution is -0.125. The summed E-state index contributed by atoms with van der Waals surface area (Å²) < 4.78 is 4.56. The summed E-state index contributed by atoms with van der Waals surface area (Å²) in [7, 11) is 1.31. The van der Waals surface area contributed by atoms with E-state index in [2.05, 4.69) is 15.0 Å². The van der Waals surface area contributed by atoms with E-state index in [1.165, 1.54) is 24.6 Å². The van der Waals surface area contributed by atoms with Crippen molar-refractivity contribution in [2.24, 2.45) is 11.1 Å². The van der Waals surface area contributed by atoms with Crippen molar-refractivity contribution in [3.05, 3.63) is 11.1 Å². The number of nitrogens with two attached hydrogens (primary N) is 1. The quantitative estimate of drug-likeness (QED) is 0.763. The van der Waals surface area contributed by atoms with Gasteiger partial charge in [-0.3, -0.25) is 4.79 Å². The average molecular weight is 257 g/mol. The largest absolute Gasteiger partial charge is 0.465 e. The first-order chi connectivity index (χ1) is 7.86. The van der Waals surface area contributed by atoms with E-state index in [0.29, 0.717) is 16.6 Å². The number of ether oxygens (including phenoxy) is 1. The number of carbonyl (C=O) groups excluding carboxylic acids is 2. The van der Waals surface area contributed by atoms with Crippen molar-refractivity contribution in [2.75, 3.05) is 19.0 Å². The molecular formula is C10H15N3O3S. The Kier molecular flexibility index (Phi) is 4.06. The number of aromatic nitrogens is 1. The van der Waals surface area contributed by atoms with Crippen LogP contribution in [0.3, 0.4) is 0 Å². The molecular weight excluding hydrogens is 242 g/mol. The van der Waals surface area contributed by atoms with Gasteiger partial charge in [0.05, 0.1) is 18.7 Å². The SMILES string of the molecule is COC(=O)c1cnc(NCC(C)(C)C(N)=O)s1. The molecule has 94 valence electrons. The Bertz CT molecular complexity index is 428. The molecule has 1 amide bonds. The number of hydrogen-bond donors (Lipinski definition) is 2. The number of rotatable bonds is 5. The Morgan fingerprint density at radius 3 is 2.76 bits per heavy atom. The minimum absolute atomic E-state index is 0.358. The molecule has 0 bridgehead atoms. The van der Waals surface area contributed by atoms with Gasteiger partial charge in [0.2, 0.25) is 5.91 Å². The molecule has 6 nitrogen and oxygen atoms in total. The molecule has 1 rings (SSSR count).